The molecule has 0 saturated carbocycles. The summed E-state index contributed by atoms with van der Waals surface area (Å²) in [6, 6.07) is 15.3. The zero-order valence-electron chi connectivity index (χ0n) is 15.4. The molecule has 140 valence electrons. The average Bonchev–Trinajstić information content (AvgIpc) is 2.98. The molecule has 1 saturated heterocycles. The van der Waals surface area contributed by atoms with Crippen molar-refractivity contribution in [1.29, 1.82) is 0 Å². The highest BCUT2D eigenvalue weighted by Gasteiger charge is 2.48. The first-order valence-corrected chi connectivity index (χ1v) is 9.35. The number of hydrogen-bond acceptors (Lipinski definition) is 4. The quantitative estimate of drug-likeness (QED) is 0.780. The molecular formula is C22H23NO4. The first kappa shape index (κ1) is 17.6. The van der Waals surface area contributed by atoms with Gasteiger partial charge in [0.2, 0.25) is 5.91 Å². The van der Waals surface area contributed by atoms with Crippen LogP contribution in [0.3, 0.4) is 0 Å². The van der Waals surface area contributed by atoms with Crippen LogP contribution in [0, 0.1) is 0 Å². The van der Waals surface area contributed by atoms with Crippen molar-refractivity contribution in [3.63, 3.8) is 0 Å². The largest absolute Gasteiger partial charge is 0.497 e. The summed E-state index contributed by atoms with van der Waals surface area (Å²) >= 11 is 0. The lowest BCUT2D eigenvalue weighted by atomic mass is 9.85. The number of aryl methyl sites for hydroxylation is 1. The molecule has 0 aliphatic carbocycles. The Bertz CT molecular complexity index is 861. The van der Waals surface area contributed by atoms with Gasteiger partial charge in [-0.1, -0.05) is 30.3 Å². The molecule has 5 nitrogen and oxygen atoms in total. The van der Waals surface area contributed by atoms with Crippen LogP contribution in [0.4, 0.5) is 0 Å². The lowest BCUT2D eigenvalue weighted by Crippen LogP contribution is -2.48. The Morgan fingerprint density at radius 3 is 2.74 bits per heavy atom. The fourth-order valence-corrected chi connectivity index (χ4v) is 4.09. The molecule has 0 N–H and O–H groups in total. The number of amides is 1. The van der Waals surface area contributed by atoms with Crippen molar-refractivity contribution in [3.8, 4) is 5.75 Å². The number of esters is 1. The van der Waals surface area contributed by atoms with E-state index in [1.807, 2.05) is 47.4 Å². The number of methoxy groups -OCH3 is 1. The van der Waals surface area contributed by atoms with Crippen LogP contribution >= 0.6 is 0 Å². The molecule has 0 radical (unpaired) electrons. The zero-order chi connectivity index (χ0) is 18.9. The SMILES string of the molecule is COc1ccc(CCC(=O)N2CCCC3(C2)OC(=O)c2ccccc23)cc1. The van der Waals surface area contributed by atoms with Crippen LogP contribution in [0.15, 0.2) is 48.5 Å². The summed E-state index contributed by atoms with van der Waals surface area (Å²) in [5.74, 6) is 0.633. The summed E-state index contributed by atoms with van der Waals surface area (Å²) in [6.45, 7) is 1.15. The van der Waals surface area contributed by atoms with Crippen LogP contribution in [0.5, 0.6) is 5.75 Å². The van der Waals surface area contributed by atoms with Crippen molar-refractivity contribution < 1.29 is 19.1 Å². The smallest absolute Gasteiger partial charge is 0.339 e. The number of carbonyl (C=O) groups excluding carboxylic acids is 2. The molecule has 0 aromatic heterocycles. The molecule has 1 unspecified atom stereocenters. The summed E-state index contributed by atoms with van der Waals surface area (Å²) in [5.41, 5.74) is 1.98. The highest BCUT2D eigenvalue weighted by atomic mass is 16.6. The first-order valence-electron chi connectivity index (χ1n) is 9.35. The predicted molar refractivity (Wildman–Crippen MR) is 101 cm³/mol. The molecule has 0 bridgehead atoms. The molecule has 2 aliphatic heterocycles. The van der Waals surface area contributed by atoms with E-state index < -0.39 is 5.60 Å². The van der Waals surface area contributed by atoms with E-state index in [0.29, 0.717) is 31.5 Å². The minimum atomic E-state index is -0.679. The van der Waals surface area contributed by atoms with Gasteiger partial charge in [-0.15, -0.1) is 0 Å². The molecule has 1 atom stereocenters. The third kappa shape index (κ3) is 3.29. The summed E-state index contributed by atoms with van der Waals surface area (Å²) in [5, 5.41) is 0. The monoisotopic (exact) mass is 365 g/mol. The van der Waals surface area contributed by atoms with E-state index in [4.69, 9.17) is 9.47 Å². The molecule has 1 spiro atoms. The van der Waals surface area contributed by atoms with Gasteiger partial charge in [-0.2, -0.15) is 0 Å². The van der Waals surface area contributed by atoms with Crippen molar-refractivity contribution in [2.75, 3.05) is 20.2 Å². The molecule has 2 aromatic rings. The lowest BCUT2D eigenvalue weighted by Gasteiger charge is -2.39. The Labute approximate surface area is 158 Å². The molecule has 2 heterocycles. The van der Waals surface area contributed by atoms with Gasteiger partial charge >= 0.3 is 5.97 Å². The van der Waals surface area contributed by atoms with Crippen molar-refractivity contribution in [3.05, 3.63) is 65.2 Å². The van der Waals surface area contributed by atoms with Gasteiger partial charge in [0.25, 0.3) is 0 Å². The van der Waals surface area contributed by atoms with E-state index >= 15 is 0 Å². The van der Waals surface area contributed by atoms with Crippen molar-refractivity contribution >= 4 is 11.9 Å². The van der Waals surface area contributed by atoms with E-state index in [0.717, 1.165) is 29.7 Å². The number of rotatable bonds is 4. The second-order valence-corrected chi connectivity index (χ2v) is 7.20. The van der Waals surface area contributed by atoms with Gasteiger partial charge in [0.15, 0.2) is 5.60 Å². The minimum Gasteiger partial charge on any atom is -0.497 e. The third-order valence-corrected chi connectivity index (χ3v) is 5.52. The summed E-state index contributed by atoms with van der Waals surface area (Å²) in [6.07, 6.45) is 2.72. The van der Waals surface area contributed by atoms with Gasteiger partial charge in [-0.25, -0.2) is 4.79 Å². The van der Waals surface area contributed by atoms with E-state index in [1.54, 1.807) is 13.2 Å². The topological polar surface area (TPSA) is 55.8 Å². The third-order valence-electron chi connectivity index (χ3n) is 5.52. The Hall–Kier alpha value is -2.82. The Morgan fingerprint density at radius 1 is 1.19 bits per heavy atom. The second-order valence-electron chi connectivity index (χ2n) is 7.20. The van der Waals surface area contributed by atoms with Crippen molar-refractivity contribution in [1.82, 2.24) is 4.90 Å². The van der Waals surface area contributed by atoms with Gasteiger partial charge < -0.3 is 14.4 Å². The van der Waals surface area contributed by atoms with Crippen molar-refractivity contribution in [2.24, 2.45) is 0 Å². The van der Waals surface area contributed by atoms with Crippen LogP contribution in [0.1, 0.15) is 40.7 Å². The number of likely N-dealkylation sites (tertiary alicyclic amines) is 1. The first-order chi connectivity index (χ1) is 13.1. The number of piperidine rings is 1. The number of benzene rings is 2. The normalized spacial score (nSPS) is 21.1. The van der Waals surface area contributed by atoms with E-state index in [9.17, 15) is 9.59 Å². The van der Waals surface area contributed by atoms with Crippen LogP contribution < -0.4 is 4.74 Å². The fraction of sp³-hybridized carbons (Fsp3) is 0.364. The highest BCUT2D eigenvalue weighted by molar-refractivity contribution is 5.95. The number of ether oxygens (including phenoxy) is 2. The molecule has 4 rings (SSSR count). The van der Waals surface area contributed by atoms with Gasteiger partial charge in [0.05, 0.1) is 19.2 Å². The molecule has 27 heavy (non-hydrogen) atoms. The molecule has 1 fully saturated rings. The van der Waals surface area contributed by atoms with E-state index in [-0.39, 0.29) is 11.9 Å². The number of nitrogens with zero attached hydrogens (tertiary/aromatic N) is 1. The Morgan fingerprint density at radius 2 is 1.96 bits per heavy atom. The Kier molecular flexibility index (Phi) is 4.60. The number of fused-ring (bicyclic) bond motifs is 2. The maximum Gasteiger partial charge on any atom is 0.339 e. The predicted octanol–water partition coefficient (Wildman–Crippen LogP) is 3.32. The minimum absolute atomic E-state index is 0.102. The average molecular weight is 365 g/mol. The maximum absolute atomic E-state index is 12.8. The Balaban J connectivity index is 1.44. The van der Waals surface area contributed by atoms with Crippen molar-refractivity contribution in [2.45, 2.75) is 31.3 Å². The maximum atomic E-state index is 12.8. The second kappa shape index (κ2) is 7.06. The zero-order valence-corrected chi connectivity index (χ0v) is 15.4. The lowest BCUT2D eigenvalue weighted by molar-refractivity contribution is -0.138. The van der Waals surface area contributed by atoms with Crippen LogP contribution in [-0.2, 0) is 21.6 Å². The number of carbonyl (C=O) groups is 2. The van der Waals surface area contributed by atoms with Gasteiger partial charge in [0.1, 0.15) is 5.75 Å². The standard InChI is InChI=1S/C22H23NO4/c1-26-17-10-7-16(8-11-17)9-12-20(24)23-14-4-13-22(15-23)19-6-3-2-5-18(19)21(25)27-22/h2-3,5-8,10-11H,4,9,12-15H2,1H3. The van der Waals surface area contributed by atoms with Gasteiger partial charge in [-0.3, -0.25) is 4.79 Å². The van der Waals surface area contributed by atoms with Crippen LogP contribution in [0.25, 0.3) is 0 Å². The highest BCUT2D eigenvalue weighted by Crippen LogP contribution is 2.42. The summed E-state index contributed by atoms with van der Waals surface area (Å²) in [7, 11) is 1.64. The van der Waals surface area contributed by atoms with E-state index in [1.165, 1.54) is 0 Å². The molecule has 5 heteroatoms. The van der Waals surface area contributed by atoms with Crippen LogP contribution in [0.2, 0.25) is 0 Å². The van der Waals surface area contributed by atoms with Crippen LogP contribution in [-0.4, -0.2) is 37.0 Å². The fourth-order valence-electron chi connectivity index (χ4n) is 4.09. The molecule has 1 amide bonds. The molecule has 2 aromatic carbocycles. The number of hydrogen-bond donors (Lipinski definition) is 0. The van der Waals surface area contributed by atoms with E-state index in [2.05, 4.69) is 0 Å². The summed E-state index contributed by atoms with van der Waals surface area (Å²) < 4.78 is 10.9. The van der Waals surface area contributed by atoms with Gasteiger partial charge in [0, 0.05) is 18.5 Å². The molecule has 2 aliphatic rings. The van der Waals surface area contributed by atoms with Gasteiger partial charge in [-0.05, 0) is 43.0 Å². The molecular weight excluding hydrogens is 342 g/mol. The summed E-state index contributed by atoms with van der Waals surface area (Å²) in [4.78, 5) is 26.9.